The SMILES string of the molecule is CNCCN(C)c1cc(OC)ccc1Nc1cc(F)c(S(=O)(=O)Nc2ncc(Cl)s2)cc1Cl. The second kappa shape index (κ2) is 10.7. The van der Waals surface area contributed by atoms with Gasteiger partial charge in [0.2, 0.25) is 0 Å². The second-order valence-electron chi connectivity index (χ2n) is 6.87. The predicted molar refractivity (Wildman–Crippen MR) is 133 cm³/mol. The van der Waals surface area contributed by atoms with Crippen LogP contribution in [0.25, 0.3) is 0 Å². The van der Waals surface area contributed by atoms with Crippen LogP contribution in [-0.4, -0.2) is 47.7 Å². The fraction of sp³-hybridized carbons (Fsp3) is 0.250. The first-order valence-electron chi connectivity index (χ1n) is 9.58. The quantitative estimate of drug-likeness (QED) is 0.344. The number of ether oxygens (including phenoxy) is 1. The lowest BCUT2D eigenvalue weighted by Gasteiger charge is -2.24. The number of methoxy groups -OCH3 is 1. The summed E-state index contributed by atoms with van der Waals surface area (Å²) in [6.45, 7) is 1.44. The highest BCUT2D eigenvalue weighted by atomic mass is 35.5. The number of hydrogen-bond donors (Lipinski definition) is 3. The van der Waals surface area contributed by atoms with Gasteiger partial charge in [0.05, 0.1) is 35.4 Å². The molecule has 0 aliphatic heterocycles. The number of nitrogens with zero attached hydrogens (tertiary/aromatic N) is 2. The van der Waals surface area contributed by atoms with Crippen LogP contribution in [0.5, 0.6) is 5.75 Å². The Bertz CT molecular complexity index is 1240. The molecule has 0 saturated carbocycles. The van der Waals surface area contributed by atoms with E-state index in [0.717, 1.165) is 35.7 Å². The standard InChI is InChI=1S/C20H22Cl2FN5O3S2/c1-24-6-7-28(2)17-8-12(31-3)4-5-15(17)26-16-10-14(23)18(9-13(16)21)33(29,30)27-20-25-11-19(22)32-20/h4-5,8-11,24,26H,6-7H2,1-3H3,(H,25,27). The molecule has 3 N–H and O–H groups in total. The molecule has 2 aromatic carbocycles. The second-order valence-corrected chi connectivity index (χ2v) is 10.6. The van der Waals surface area contributed by atoms with Crippen molar-refractivity contribution >= 4 is 66.8 Å². The van der Waals surface area contributed by atoms with E-state index in [1.54, 1.807) is 19.2 Å². The number of halogens is 3. The summed E-state index contributed by atoms with van der Waals surface area (Å²) in [6, 6.07) is 7.45. The Kier molecular flexibility index (Phi) is 8.24. The maximum absolute atomic E-state index is 14.9. The van der Waals surface area contributed by atoms with Crippen LogP contribution < -0.4 is 25.0 Å². The van der Waals surface area contributed by atoms with Crippen LogP contribution in [-0.2, 0) is 10.0 Å². The van der Waals surface area contributed by atoms with Gasteiger partial charge in [0.15, 0.2) is 5.13 Å². The lowest BCUT2D eigenvalue weighted by atomic mass is 10.2. The fourth-order valence-corrected chi connectivity index (χ4v) is 5.32. The van der Waals surface area contributed by atoms with Crippen molar-refractivity contribution in [2.45, 2.75) is 4.90 Å². The topological polar surface area (TPSA) is 95.6 Å². The van der Waals surface area contributed by atoms with Gasteiger partial charge < -0.3 is 20.3 Å². The van der Waals surface area contributed by atoms with Crippen molar-refractivity contribution < 1.29 is 17.5 Å². The summed E-state index contributed by atoms with van der Waals surface area (Å²) in [6.07, 6.45) is 1.29. The minimum atomic E-state index is -4.26. The molecule has 0 atom stereocenters. The number of thiazole rings is 1. The zero-order valence-electron chi connectivity index (χ0n) is 17.9. The maximum atomic E-state index is 14.9. The number of aromatic nitrogens is 1. The van der Waals surface area contributed by atoms with Crippen LogP contribution in [0, 0.1) is 5.82 Å². The van der Waals surface area contributed by atoms with Crippen LogP contribution in [0.1, 0.15) is 0 Å². The molecular formula is C20H22Cl2FN5O3S2. The van der Waals surface area contributed by atoms with Crippen molar-refractivity contribution in [3.8, 4) is 5.75 Å². The van der Waals surface area contributed by atoms with Crippen LogP contribution in [0.2, 0.25) is 9.36 Å². The zero-order valence-corrected chi connectivity index (χ0v) is 21.1. The Labute approximate surface area is 205 Å². The Morgan fingerprint density at radius 3 is 2.61 bits per heavy atom. The van der Waals surface area contributed by atoms with Crippen molar-refractivity contribution in [3.05, 3.63) is 51.7 Å². The van der Waals surface area contributed by atoms with Gasteiger partial charge >= 0.3 is 0 Å². The molecule has 0 saturated heterocycles. The van der Waals surface area contributed by atoms with Crippen molar-refractivity contribution in [2.75, 3.05) is 49.2 Å². The van der Waals surface area contributed by atoms with Gasteiger partial charge in [-0.05, 0) is 25.2 Å². The first kappa shape index (κ1) is 25.3. The number of likely N-dealkylation sites (N-methyl/N-ethyl adjacent to an activating group) is 2. The van der Waals surface area contributed by atoms with E-state index in [1.807, 2.05) is 25.1 Å². The third-order valence-corrected chi connectivity index (χ3v) is 7.42. The summed E-state index contributed by atoms with van der Waals surface area (Å²) in [5.74, 6) is -0.324. The van der Waals surface area contributed by atoms with E-state index in [9.17, 15) is 12.8 Å². The van der Waals surface area contributed by atoms with Gasteiger partial charge in [-0.15, -0.1) is 0 Å². The van der Waals surface area contributed by atoms with E-state index < -0.39 is 20.7 Å². The summed E-state index contributed by atoms with van der Waals surface area (Å²) in [5.41, 5.74) is 1.64. The Hall–Kier alpha value is -2.31. The molecule has 0 spiro atoms. The Morgan fingerprint density at radius 1 is 1.21 bits per heavy atom. The number of rotatable bonds is 10. The zero-order chi connectivity index (χ0) is 24.2. The van der Waals surface area contributed by atoms with Gasteiger partial charge in [0.25, 0.3) is 10.0 Å². The van der Waals surface area contributed by atoms with Gasteiger partial charge in [-0.3, -0.25) is 4.72 Å². The van der Waals surface area contributed by atoms with Gasteiger partial charge in [-0.25, -0.2) is 17.8 Å². The molecule has 0 unspecified atom stereocenters. The van der Waals surface area contributed by atoms with Gasteiger partial charge in [-0.2, -0.15) is 0 Å². The van der Waals surface area contributed by atoms with Crippen LogP contribution in [0.3, 0.4) is 0 Å². The van der Waals surface area contributed by atoms with Gasteiger partial charge in [-0.1, -0.05) is 34.5 Å². The maximum Gasteiger partial charge on any atom is 0.266 e. The highest BCUT2D eigenvalue weighted by Crippen LogP contribution is 2.36. The van der Waals surface area contributed by atoms with E-state index in [4.69, 9.17) is 27.9 Å². The molecule has 13 heteroatoms. The molecule has 1 heterocycles. The summed E-state index contributed by atoms with van der Waals surface area (Å²) in [4.78, 5) is 5.21. The molecule has 0 aliphatic rings. The molecule has 0 fully saturated rings. The highest BCUT2D eigenvalue weighted by Gasteiger charge is 2.23. The van der Waals surface area contributed by atoms with E-state index >= 15 is 0 Å². The molecule has 0 aliphatic carbocycles. The molecule has 178 valence electrons. The smallest absolute Gasteiger partial charge is 0.266 e. The van der Waals surface area contributed by atoms with E-state index in [2.05, 4.69) is 20.3 Å². The third kappa shape index (κ3) is 6.18. The predicted octanol–water partition coefficient (Wildman–Crippen LogP) is 4.80. The third-order valence-electron chi connectivity index (χ3n) is 4.59. The van der Waals surface area contributed by atoms with E-state index in [-0.39, 0.29) is 15.8 Å². The first-order chi connectivity index (χ1) is 15.6. The summed E-state index contributed by atoms with van der Waals surface area (Å²) in [7, 11) is 1.07. The van der Waals surface area contributed by atoms with Gasteiger partial charge in [0.1, 0.15) is 20.8 Å². The average molecular weight is 534 g/mol. The number of sulfonamides is 1. The average Bonchev–Trinajstić information content (AvgIpc) is 3.18. The van der Waals surface area contributed by atoms with Gasteiger partial charge in [0, 0.05) is 32.3 Å². The molecule has 0 radical (unpaired) electrons. The van der Waals surface area contributed by atoms with Crippen molar-refractivity contribution in [2.24, 2.45) is 0 Å². The number of hydrogen-bond acceptors (Lipinski definition) is 8. The molecular weight excluding hydrogens is 512 g/mol. The monoisotopic (exact) mass is 533 g/mol. The molecule has 0 bridgehead atoms. The lowest BCUT2D eigenvalue weighted by Crippen LogP contribution is -2.27. The molecule has 1 aromatic heterocycles. The molecule has 8 nitrogen and oxygen atoms in total. The number of benzene rings is 2. The largest absolute Gasteiger partial charge is 0.497 e. The molecule has 33 heavy (non-hydrogen) atoms. The minimum Gasteiger partial charge on any atom is -0.497 e. The fourth-order valence-electron chi connectivity index (χ4n) is 2.91. The molecule has 3 aromatic rings. The van der Waals surface area contributed by atoms with Crippen LogP contribution >= 0.6 is 34.5 Å². The van der Waals surface area contributed by atoms with E-state index in [0.29, 0.717) is 22.3 Å². The number of nitrogens with one attached hydrogen (secondary N) is 3. The van der Waals surface area contributed by atoms with Crippen LogP contribution in [0.15, 0.2) is 41.4 Å². The van der Waals surface area contributed by atoms with Crippen molar-refractivity contribution in [1.29, 1.82) is 0 Å². The van der Waals surface area contributed by atoms with Crippen molar-refractivity contribution in [1.82, 2.24) is 10.3 Å². The van der Waals surface area contributed by atoms with Crippen molar-refractivity contribution in [3.63, 3.8) is 0 Å². The summed E-state index contributed by atoms with van der Waals surface area (Å²) >= 11 is 13.0. The van der Waals surface area contributed by atoms with E-state index in [1.165, 1.54) is 6.20 Å². The minimum absolute atomic E-state index is 0.0187. The Morgan fingerprint density at radius 2 is 1.97 bits per heavy atom. The van der Waals surface area contributed by atoms with Crippen LogP contribution in [0.4, 0.5) is 26.6 Å². The first-order valence-corrected chi connectivity index (χ1v) is 12.6. The number of anilines is 4. The summed E-state index contributed by atoms with van der Waals surface area (Å²) in [5, 5.41) is 6.21. The highest BCUT2D eigenvalue weighted by molar-refractivity contribution is 7.93. The molecule has 0 amide bonds. The lowest BCUT2D eigenvalue weighted by molar-refractivity contribution is 0.415. The summed E-state index contributed by atoms with van der Waals surface area (Å²) < 4.78 is 48.0. The normalized spacial score (nSPS) is 11.3. The molecule has 3 rings (SSSR count). The Balaban J connectivity index is 1.92.